The molecule has 0 radical (unpaired) electrons. The fourth-order valence-corrected chi connectivity index (χ4v) is 1.32. The normalized spacial score (nSPS) is 11.0. The van der Waals surface area contributed by atoms with Crippen LogP contribution in [0, 0.1) is 0 Å². The van der Waals surface area contributed by atoms with Gasteiger partial charge in [0.25, 0.3) is 0 Å². The minimum atomic E-state index is 0.551. The van der Waals surface area contributed by atoms with Gasteiger partial charge in [0.15, 0.2) is 0 Å². The first-order valence-electron chi connectivity index (χ1n) is 3.88. The third-order valence-electron chi connectivity index (χ3n) is 1.53. The number of aryl methyl sites for hydroxylation is 1. The highest BCUT2D eigenvalue weighted by molar-refractivity contribution is 9.10. The second-order valence-corrected chi connectivity index (χ2v) is 3.54. The number of aromatic nitrogens is 2. The number of nitrogens with one attached hydrogen (secondary N) is 1. The Labute approximate surface area is 90.9 Å². The van der Waals surface area contributed by atoms with E-state index in [-0.39, 0.29) is 0 Å². The second kappa shape index (κ2) is 5.29. The Morgan fingerprint density at radius 1 is 1.69 bits per heavy atom. The van der Waals surface area contributed by atoms with E-state index in [0.29, 0.717) is 5.88 Å². The lowest BCUT2D eigenvalue weighted by atomic mass is 10.5. The van der Waals surface area contributed by atoms with Crippen LogP contribution in [0.3, 0.4) is 0 Å². The Kier molecular flexibility index (Phi) is 4.32. The highest BCUT2D eigenvalue weighted by atomic mass is 79.9. The van der Waals surface area contributed by atoms with Gasteiger partial charge < -0.3 is 5.32 Å². The Bertz CT molecular complexity index is 296. The molecule has 13 heavy (non-hydrogen) atoms. The van der Waals surface area contributed by atoms with Crippen LogP contribution in [-0.4, -0.2) is 22.2 Å². The average Bonchev–Trinajstić information content (AvgIpc) is 2.43. The van der Waals surface area contributed by atoms with Gasteiger partial charge in [-0.3, -0.25) is 4.68 Å². The Balaban J connectivity index is 2.45. The Morgan fingerprint density at radius 3 is 3.00 bits per heavy atom. The first kappa shape index (κ1) is 10.6. The average molecular weight is 265 g/mol. The zero-order valence-corrected chi connectivity index (χ0v) is 9.64. The molecule has 1 aromatic rings. The minimum absolute atomic E-state index is 0.551. The van der Waals surface area contributed by atoms with Crippen molar-refractivity contribution < 1.29 is 0 Å². The van der Waals surface area contributed by atoms with Gasteiger partial charge in [0.05, 0.1) is 11.9 Å². The summed E-state index contributed by atoms with van der Waals surface area (Å²) in [4.78, 5) is 0. The van der Waals surface area contributed by atoms with E-state index in [1.54, 1.807) is 10.9 Å². The number of hydrogen-bond donors (Lipinski definition) is 1. The van der Waals surface area contributed by atoms with Crippen LogP contribution in [0.4, 0.5) is 5.69 Å². The van der Waals surface area contributed by atoms with Crippen LogP contribution in [0.25, 0.3) is 0 Å². The molecule has 0 aliphatic heterocycles. The van der Waals surface area contributed by atoms with Crippen LogP contribution >= 0.6 is 27.5 Å². The lowest BCUT2D eigenvalue weighted by molar-refractivity contribution is 0.750. The quantitative estimate of drug-likeness (QED) is 0.668. The van der Waals surface area contributed by atoms with Gasteiger partial charge in [-0.05, 0) is 15.9 Å². The monoisotopic (exact) mass is 263 g/mol. The maximum absolute atomic E-state index is 5.48. The van der Waals surface area contributed by atoms with Crippen molar-refractivity contribution in [3.05, 3.63) is 23.0 Å². The molecule has 72 valence electrons. The van der Waals surface area contributed by atoms with Gasteiger partial charge in [-0.1, -0.05) is 12.2 Å². The molecule has 1 heterocycles. The number of nitrogens with zero attached hydrogens (tertiary/aromatic N) is 2. The van der Waals surface area contributed by atoms with Crippen molar-refractivity contribution in [3.63, 3.8) is 0 Å². The molecule has 0 aliphatic carbocycles. The number of alkyl halides is 1. The van der Waals surface area contributed by atoms with Crippen LogP contribution in [0.5, 0.6) is 0 Å². The maximum Gasteiger partial charge on any atom is 0.126 e. The molecule has 0 saturated carbocycles. The smallest absolute Gasteiger partial charge is 0.126 e. The summed E-state index contributed by atoms with van der Waals surface area (Å²) >= 11 is 8.89. The Hall–Kier alpha value is -0.480. The lowest BCUT2D eigenvalue weighted by Gasteiger charge is -1.99. The molecule has 0 amide bonds. The van der Waals surface area contributed by atoms with Crippen molar-refractivity contribution in [2.75, 3.05) is 17.7 Å². The number of rotatable bonds is 4. The first-order valence-corrected chi connectivity index (χ1v) is 5.20. The molecular formula is C8H11BrClN3. The van der Waals surface area contributed by atoms with E-state index in [0.717, 1.165) is 16.8 Å². The molecule has 5 heteroatoms. The fourth-order valence-electron chi connectivity index (χ4n) is 0.856. The van der Waals surface area contributed by atoms with Crippen molar-refractivity contribution in [1.29, 1.82) is 0 Å². The summed E-state index contributed by atoms with van der Waals surface area (Å²) in [6.45, 7) is 0.761. The molecule has 0 spiro atoms. The molecule has 0 bridgehead atoms. The largest absolute Gasteiger partial charge is 0.378 e. The Morgan fingerprint density at radius 2 is 2.46 bits per heavy atom. The van der Waals surface area contributed by atoms with Crippen LogP contribution in [0.2, 0.25) is 0 Å². The number of halogens is 2. The standard InChI is InChI=1S/C8H11BrClN3/c1-13-8(9)7(6-12-13)11-5-3-2-4-10/h2-3,6,11H,4-5H2,1H3/b3-2+. The number of anilines is 1. The molecule has 1 N–H and O–H groups in total. The predicted molar refractivity (Wildman–Crippen MR) is 59.3 cm³/mol. The van der Waals surface area contributed by atoms with Crippen molar-refractivity contribution in [2.24, 2.45) is 7.05 Å². The summed E-state index contributed by atoms with van der Waals surface area (Å²) < 4.78 is 2.71. The van der Waals surface area contributed by atoms with Gasteiger partial charge >= 0.3 is 0 Å². The first-order chi connectivity index (χ1) is 6.25. The van der Waals surface area contributed by atoms with Crippen molar-refractivity contribution in [3.8, 4) is 0 Å². The summed E-state index contributed by atoms with van der Waals surface area (Å²) in [6, 6.07) is 0. The molecule has 0 fully saturated rings. The van der Waals surface area contributed by atoms with E-state index in [2.05, 4.69) is 26.3 Å². The molecule has 0 unspecified atom stereocenters. The van der Waals surface area contributed by atoms with Crippen molar-refractivity contribution >= 4 is 33.2 Å². The molecular weight excluding hydrogens is 253 g/mol. The van der Waals surface area contributed by atoms with E-state index in [1.807, 2.05) is 19.2 Å². The van der Waals surface area contributed by atoms with E-state index >= 15 is 0 Å². The van der Waals surface area contributed by atoms with Crippen molar-refractivity contribution in [2.45, 2.75) is 0 Å². The number of allylic oxidation sites excluding steroid dienone is 1. The zero-order valence-electron chi connectivity index (χ0n) is 7.30. The van der Waals surface area contributed by atoms with Crippen LogP contribution < -0.4 is 5.32 Å². The molecule has 0 aliphatic rings. The molecule has 3 nitrogen and oxygen atoms in total. The third kappa shape index (κ3) is 3.04. The highest BCUT2D eigenvalue weighted by Gasteiger charge is 2.01. The van der Waals surface area contributed by atoms with Gasteiger partial charge in [0.1, 0.15) is 4.60 Å². The van der Waals surface area contributed by atoms with Gasteiger partial charge in [0.2, 0.25) is 0 Å². The topological polar surface area (TPSA) is 29.9 Å². The van der Waals surface area contributed by atoms with E-state index < -0.39 is 0 Å². The molecule has 0 atom stereocenters. The summed E-state index contributed by atoms with van der Waals surface area (Å²) in [5.74, 6) is 0.551. The van der Waals surface area contributed by atoms with Crippen LogP contribution in [0.15, 0.2) is 23.0 Å². The van der Waals surface area contributed by atoms with Gasteiger partial charge in [0, 0.05) is 19.5 Å². The number of hydrogen-bond acceptors (Lipinski definition) is 2. The van der Waals surface area contributed by atoms with Gasteiger partial charge in [-0.15, -0.1) is 11.6 Å². The van der Waals surface area contributed by atoms with Crippen molar-refractivity contribution in [1.82, 2.24) is 9.78 Å². The fraction of sp³-hybridized carbons (Fsp3) is 0.375. The van der Waals surface area contributed by atoms with E-state index in [1.165, 1.54) is 0 Å². The summed E-state index contributed by atoms with van der Waals surface area (Å²) in [5, 5.41) is 7.27. The van der Waals surface area contributed by atoms with Crippen LogP contribution in [0.1, 0.15) is 0 Å². The summed E-state index contributed by atoms with van der Waals surface area (Å²) in [5.41, 5.74) is 0.988. The lowest BCUT2D eigenvalue weighted by Crippen LogP contribution is -1.98. The van der Waals surface area contributed by atoms with Gasteiger partial charge in [-0.2, -0.15) is 5.10 Å². The predicted octanol–water partition coefficient (Wildman–Crippen LogP) is 2.39. The van der Waals surface area contributed by atoms with E-state index in [4.69, 9.17) is 11.6 Å². The minimum Gasteiger partial charge on any atom is -0.378 e. The molecule has 1 aromatic heterocycles. The van der Waals surface area contributed by atoms with E-state index in [9.17, 15) is 0 Å². The molecule has 1 rings (SSSR count). The molecule has 0 saturated heterocycles. The SMILES string of the molecule is Cn1ncc(NC/C=C/CCl)c1Br. The maximum atomic E-state index is 5.48. The summed E-state index contributed by atoms with van der Waals surface area (Å²) in [7, 11) is 1.88. The van der Waals surface area contributed by atoms with Gasteiger partial charge in [-0.25, -0.2) is 0 Å². The second-order valence-electron chi connectivity index (χ2n) is 2.48. The molecule has 0 aromatic carbocycles. The van der Waals surface area contributed by atoms with Crippen LogP contribution in [-0.2, 0) is 7.05 Å². The highest BCUT2D eigenvalue weighted by Crippen LogP contribution is 2.19. The summed E-state index contributed by atoms with van der Waals surface area (Å²) in [6.07, 6.45) is 5.66. The zero-order chi connectivity index (χ0) is 9.68. The third-order valence-corrected chi connectivity index (χ3v) is 2.65.